The van der Waals surface area contributed by atoms with E-state index in [1.54, 1.807) is 24.3 Å². The fourth-order valence-corrected chi connectivity index (χ4v) is 2.02. The molecule has 0 aliphatic rings. The highest BCUT2D eigenvalue weighted by atomic mass is 35.5. The highest BCUT2D eigenvalue weighted by Crippen LogP contribution is 2.36. The first-order valence-electron chi connectivity index (χ1n) is 5.08. The molecule has 0 spiro atoms. The molecule has 0 radical (unpaired) electrons. The van der Waals surface area contributed by atoms with Gasteiger partial charge in [-0.05, 0) is 23.3 Å². The van der Waals surface area contributed by atoms with E-state index in [-0.39, 0.29) is 12.4 Å². The molecule has 1 unspecified atom stereocenters. The van der Waals surface area contributed by atoms with Gasteiger partial charge in [0.25, 0.3) is 0 Å². The molecule has 2 aromatic rings. The maximum absolute atomic E-state index is 9.35. The van der Waals surface area contributed by atoms with Gasteiger partial charge in [-0.15, -0.1) is 12.4 Å². The van der Waals surface area contributed by atoms with Crippen molar-refractivity contribution < 1.29 is 0 Å². The van der Waals surface area contributed by atoms with Crippen molar-refractivity contribution in [2.45, 2.75) is 4.87 Å². The van der Waals surface area contributed by atoms with Gasteiger partial charge in [0.05, 0.1) is 6.07 Å². The molecule has 4 heteroatoms. The van der Waals surface area contributed by atoms with Crippen LogP contribution in [0.3, 0.4) is 0 Å². The molecule has 0 saturated carbocycles. The Labute approximate surface area is 122 Å². The summed E-state index contributed by atoms with van der Waals surface area (Å²) in [4.78, 5) is -1.16. The average Bonchev–Trinajstić information content (AvgIpc) is 2.40. The molecule has 0 N–H and O–H groups in total. The van der Waals surface area contributed by atoms with Gasteiger partial charge in [0.2, 0.25) is 0 Å². The van der Waals surface area contributed by atoms with Gasteiger partial charge in [0, 0.05) is 5.02 Å². The van der Waals surface area contributed by atoms with Gasteiger partial charge >= 0.3 is 0 Å². The zero-order chi connectivity index (χ0) is 12.3. The van der Waals surface area contributed by atoms with Crippen LogP contribution < -0.4 is 0 Å². The first-order chi connectivity index (χ1) is 8.16. The Kier molecular flexibility index (Phi) is 5.04. The van der Waals surface area contributed by atoms with E-state index >= 15 is 0 Å². The number of alkyl halides is 1. The van der Waals surface area contributed by atoms with Crippen molar-refractivity contribution in [2.75, 3.05) is 0 Å². The largest absolute Gasteiger partial charge is 0.196 e. The topological polar surface area (TPSA) is 23.8 Å². The van der Waals surface area contributed by atoms with Crippen molar-refractivity contribution in [1.82, 2.24) is 0 Å². The van der Waals surface area contributed by atoms with Crippen LogP contribution in [-0.4, -0.2) is 0 Å². The molecular weight excluding hydrogens is 289 g/mol. The van der Waals surface area contributed by atoms with Crippen molar-refractivity contribution in [1.29, 1.82) is 5.26 Å². The Morgan fingerprint density at radius 3 is 1.89 bits per heavy atom. The second-order valence-electron chi connectivity index (χ2n) is 3.64. The Morgan fingerprint density at radius 1 is 0.889 bits per heavy atom. The van der Waals surface area contributed by atoms with Gasteiger partial charge in [0.15, 0.2) is 4.87 Å². The number of nitrogens with zero attached hydrogens (tertiary/aromatic N) is 1. The molecule has 2 aromatic carbocycles. The number of benzene rings is 2. The van der Waals surface area contributed by atoms with Crippen molar-refractivity contribution in [3.8, 4) is 6.07 Å². The monoisotopic (exact) mass is 297 g/mol. The second-order valence-corrected chi connectivity index (χ2v) is 4.65. The van der Waals surface area contributed by atoms with Crippen LogP contribution in [0.25, 0.3) is 0 Å². The SMILES string of the molecule is Cl.N#CC(Cl)(c1ccccc1)c1ccc(Cl)cc1. The summed E-state index contributed by atoms with van der Waals surface area (Å²) in [7, 11) is 0. The molecule has 0 amide bonds. The maximum Gasteiger partial charge on any atom is 0.180 e. The third kappa shape index (κ3) is 2.79. The average molecular weight is 299 g/mol. The molecule has 0 bridgehead atoms. The summed E-state index contributed by atoms with van der Waals surface area (Å²) in [5, 5.41) is 9.97. The zero-order valence-electron chi connectivity index (χ0n) is 9.31. The quantitative estimate of drug-likeness (QED) is 0.733. The number of hydrogen-bond donors (Lipinski definition) is 0. The van der Waals surface area contributed by atoms with E-state index < -0.39 is 4.87 Å². The van der Waals surface area contributed by atoms with E-state index in [1.807, 2.05) is 30.3 Å². The molecule has 0 aliphatic heterocycles. The number of rotatable bonds is 2. The third-order valence-electron chi connectivity index (χ3n) is 2.57. The predicted octanol–water partition coefficient (Wildman–Crippen LogP) is 4.77. The Hall–Kier alpha value is -1.20. The van der Waals surface area contributed by atoms with E-state index in [0.717, 1.165) is 11.1 Å². The summed E-state index contributed by atoms with van der Waals surface area (Å²) < 4.78 is 0. The maximum atomic E-state index is 9.35. The van der Waals surface area contributed by atoms with E-state index in [2.05, 4.69) is 6.07 Å². The molecule has 0 aliphatic carbocycles. The first kappa shape index (κ1) is 14.9. The molecule has 18 heavy (non-hydrogen) atoms. The van der Waals surface area contributed by atoms with E-state index in [0.29, 0.717) is 5.02 Å². The van der Waals surface area contributed by atoms with E-state index in [4.69, 9.17) is 23.2 Å². The minimum absolute atomic E-state index is 0. The molecule has 0 heterocycles. The van der Waals surface area contributed by atoms with Gasteiger partial charge in [-0.1, -0.05) is 65.7 Å². The molecule has 0 aromatic heterocycles. The van der Waals surface area contributed by atoms with Gasteiger partial charge < -0.3 is 0 Å². The van der Waals surface area contributed by atoms with Crippen molar-refractivity contribution in [2.24, 2.45) is 0 Å². The smallest absolute Gasteiger partial charge is 0.180 e. The summed E-state index contributed by atoms with van der Waals surface area (Å²) in [6, 6.07) is 18.4. The molecule has 1 nitrogen and oxygen atoms in total. The lowest BCUT2D eigenvalue weighted by molar-refractivity contribution is 0.938. The van der Waals surface area contributed by atoms with Crippen LogP contribution in [0.15, 0.2) is 54.6 Å². The lowest BCUT2D eigenvalue weighted by Gasteiger charge is -2.20. The van der Waals surface area contributed by atoms with Crippen LogP contribution in [0.5, 0.6) is 0 Å². The first-order valence-corrected chi connectivity index (χ1v) is 5.84. The summed E-state index contributed by atoms with van der Waals surface area (Å²) in [5.41, 5.74) is 1.48. The number of nitriles is 1. The van der Waals surface area contributed by atoms with Crippen LogP contribution in [0.2, 0.25) is 5.02 Å². The van der Waals surface area contributed by atoms with Crippen molar-refractivity contribution >= 4 is 35.6 Å². The Bertz CT molecular complexity index is 546. The van der Waals surface area contributed by atoms with Gasteiger partial charge in [-0.2, -0.15) is 5.26 Å². The highest BCUT2D eigenvalue weighted by molar-refractivity contribution is 6.31. The van der Waals surface area contributed by atoms with Crippen LogP contribution in [0, 0.1) is 11.3 Å². The lowest BCUT2D eigenvalue weighted by Crippen LogP contribution is -2.17. The number of halogens is 3. The van der Waals surface area contributed by atoms with Gasteiger partial charge in [-0.3, -0.25) is 0 Å². The standard InChI is InChI=1S/C14H9Cl2N.ClH/c15-13-8-6-12(7-9-13)14(16,10-17)11-4-2-1-3-5-11;/h1-9H;1H. The molecule has 0 fully saturated rings. The third-order valence-corrected chi connectivity index (χ3v) is 3.34. The Balaban J connectivity index is 0.00000162. The Morgan fingerprint density at radius 2 is 1.39 bits per heavy atom. The summed E-state index contributed by atoms with van der Waals surface area (Å²) >= 11 is 12.2. The van der Waals surface area contributed by atoms with E-state index in [1.165, 1.54) is 0 Å². The van der Waals surface area contributed by atoms with Gasteiger partial charge in [0.1, 0.15) is 0 Å². The molecular formula is C14H10Cl3N. The van der Waals surface area contributed by atoms with Crippen LogP contribution in [-0.2, 0) is 4.87 Å². The van der Waals surface area contributed by atoms with Crippen LogP contribution in [0.4, 0.5) is 0 Å². The lowest BCUT2D eigenvalue weighted by atomic mass is 9.92. The van der Waals surface area contributed by atoms with Crippen molar-refractivity contribution in [3.63, 3.8) is 0 Å². The predicted molar refractivity (Wildman–Crippen MR) is 77.4 cm³/mol. The molecule has 1 atom stereocenters. The zero-order valence-corrected chi connectivity index (χ0v) is 11.6. The minimum Gasteiger partial charge on any atom is -0.196 e. The minimum atomic E-state index is -1.16. The normalized spacial score (nSPS) is 12.9. The van der Waals surface area contributed by atoms with Crippen LogP contribution in [0.1, 0.15) is 11.1 Å². The van der Waals surface area contributed by atoms with Crippen LogP contribution >= 0.6 is 35.6 Å². The second kappa shape index (κ2) is 6.11. The fourth-order valence-electron chi connectivity index (χ4n) is 1.64. The molecule has 92 valence electrons. The summed E-state index contributed by atoms with van der Waals surface area (Å²) in [6.07, 6.45) is 0. The van der Waals surface area contributed by atoms with Crippen molar-refractivity contribution in [3.05, 3.63) is 70.7 Å². The molecule has 0 saturated heterocycles. The fraction of sp³-hybridized carbons (Fsp3) is 0.0714. The molecule has 2 rings (SSSR count). The van der Waals surface area contributed by atoms with E-state index in [9.17, 15) is 5.26 Å². The summed E-state index contributed by atoms with van der Waals surface area (Å²) in [5.74, 6) is 0. The van der Waals surface area contributed by atoms with Gasteiger partial charge in [-0.25, -0.2) is 0 Å². The highest BCUT2D eigenvalue weighted by Gasteiger charge is 2.31. The number of hydrogen-bond acceptors (Lipinski definition) is 1. The summed E-state index contributed by atoms with van der Waals surface area (Å²) in [6.45, 7) is 0.